The number of allylic oxidation sites excluding steroid dienone is 6. The van der Waals surface area contributed by atoms with E-state index in [9.17, 15) is 0 Å². The van der Waals surface area contributed by atoms with Gasteiger partial charge in [0.05, 0.1) is 22.8 Å². The minimum atomic E-state index is -0.164. The van der Waals surface area contributed by atoms with Gasteiger partial charge in [-0.1, -0.05) is 172 Å². The summed E-state index contributed by atoms with van der Waals surface area (Å²) >= 11 is 0. The summed E-state index contributed by atoms with van der Waals surface area (Å²) in [6, 6.07) is 49.2. The van der Waals surface area contributed by atoms with Crippen molar-refractivity contribution in [2.45, 2.75) is 39.0 Å². The lowest BCUT2D eigenvalue weighted by Gasteiger charge is -2.32. The molecule has 2 heteroatoms. The maximum atomic E-state index is 4.20. The molecule has 0 saturated carbocycles. The van der Waals surface area contributed by atoms with Crippen LogP contribution in [-0.2, 0) is 5.41 Å². The number of nitrogens with zero attached hydrogens (tertiary/aromatic N) is 2. The lowest BCUT2D eigenvalue weighted by molar-refractivity contribution is 0.660. The van der Waals surface area contributed by atoms with Crippen molar-refractivity contribution in [2.24, 2.45) is 0 Å². The highest BCUT2D eigenvalue weighted by Gasteiger charge is 2.36. The molecule has 0 bridgehead atoms. The van der Waals surface area contributed by atoms with E-state index in [1.165, 1.54) is 89.0 Å². The summed E-state index contributed by atoms with van der Waals surface area (Å²) in [4.78, 5) is 4.90. The van der Waals surface area contributed by atoms with E-state index in [1.807, 2.05) is 6.08 Å². The van der Waals surface area contributed by atoms with Crippen molar-refractivity contribution in [1.29, 1.82) is 0 Å². The van der Waals surface area contributed by atoms with Crippen molar-refractivity contribution in [1.82, 2.24) is 0 Å². The first-order valence-electron chi connectivity index (χ1n) is 20.5. The van der Waals surface area contributed by atoms with Gasteiger partial charge in [-0.25, -0.2) is 0 Å². The molecule has 2 nitrogen and oxygen atoms in total. The lowest BCUT2D eigenvalue weighted by Crippen LogP contribution is -2.38. The van der Waals surface area contributed by atoms with Gasteiger partial charge in [-0.15, -0.1) is 0 Å². The Morgan fingerprint density at radius 3 is 1.78 bits per heavy atom. The second-order valence-electron chi connectivity index (χ2n) is 16.1. The molecular formula is C56H46N2. The van der Waals surface area contributed by atoms with Gasteiger partial charge in [0.2, 0.25) is 0 Å². The minimum Gasteiger partial charge on any atom is -0.312 e. The fourth-order valence-corrected chi connectivity index (χ4v) is 9.52. The molecule has 10 rings (SSSR count). The predicted octanol–water partition coefficient (Wildman–Crippen LogP) is 13.3. The zero-order valence-corrected chi connectivity index (χ0v) is 33.4. The molecule has 0 fully saturated rings. The summed E-state index contributed by atoms with van der Waals surface area (Å²) in [7, 11) is 0. The first-order chi connectivity index (χ1) is 28.4. The van der Waals surface area contributed by atoms with Gasteiger partial charge in [-0.2, -0.15) is 0 Å². The van der Waals surface area contributed by atoms with Crippen LogP contribution in [-0.4, -0.2) is 0 Å². The van der Waals surface area contributed by atoms with Gasteiger partial charge in [0.1, 0.15) is 0 Å². The molecule has 0 atom stereocenters. The van der Waals surface area contributed by atoms with E-state index >= 15 is 0 Å². The summed E-state index contributed by atoms with van der Waals surface area (Å²) in [6.45, 7) is 11.1. The van der Waals surface area contributed by atoms with Gasteiger partial charge in [0.15, 0.2) is 0 Å². The van der Waals surface area contributed by atoms with Crippen LogP contribution in [0.2, 0.25) is 0 Å². The van der Waals surface area contributed by atoms with Crippen molar-refractivity contribution in [2.75, 3.05) is 9.80 Å². The Morgan fingerprint density at radius 1 is 0.552 bits per heavy atom. The summed E-state index contributed by atoms with van der Waals surface area (Å²) in [5.41, 5.74) is 19.8. The fourth-order valence-electron chi connectivity index (χ4n) is 9.52. The average molecular weight is 747 g/mol. The van der Waals surface area contributed by atoms with Gasteiger partial charge >= 0.3 is 0 Å². The maximum Gasteiger partial charge on any atom is 0.0534 e. The summed E-state index contributed by atoms with van der Waals surface area (Å²) in [6.07, 6.45) is 21.8. The summed E-state index contributed by atoms with van der Waals surface area (Å²) < 4.78 is 0. The Bertz CT molecular complexity index is 2910. The van der Waals surface area contributed by atoms with Crippen molar-refractivity contribution in [3.63, 3.8) is 0 Å². The normalized spacial score (nSPS) is 16.1. The van der Waals surface area contributed by atoms with Gasteiger partial charge in [0, 0.05) is 22.0 Å². The van der Waals surface area contributed by atoms with Crippen LogP contribution < -0.4 is 20.2 Å². The molecule has 0 radical (unpaired) electrons. The number of benzene rings is 6. The van der Waals surface area contributed by atoms with Crippen LogP contribution in [0.3, 0.4) is 0 Å². The topological polar surface area (TPSA) is 6.48 Å². The Morgan fingerprint density at radius 2 is 1.12 bits per heavy atom. The third-order valence-corrected chi connectivity index (χ3v) is 12.4. The van der Waals surface area contributed by atoms with E-state index in [0.717, 1.165) is 24.1 Å². The molecule has 6 aromatic carbocycles. The van der Waals surface area contributed by atoms with E-state index in [4.69, 9.17) is 0 Å². The minimum absolute atomic E-state index is 0.164. The second-order valence-corrected chi connectivity index (χ2v) is 16.1. The molecule has 0 saturated heterocycles. The highest BCUT2D eigenvalue weighted by Crippen LogP contribution is 2.52. The van der Waals surface area contributed by atoms with Crippen LogP contribution in [0, 0.1) is 0 Å². The van der Waals surface area contributed by atoms with Crippen LogP contribution in [0.1, 0.15) is 67.0 Å². The van der Waals surface area contributed by atoms with Crippen molar-refractivity contribution in [3.8, 4) is 11.1 Å². The lowest BCUT2D eigenvalue weighted by atomic mass is 9.81. The van der Waals surface area contributed by atoms with E-state index in [2.05, 4.69) is 219 Å². The van der Waals surface area contributed by atoms with Crippen LogP contribution in [0.15, 0.2) is 182 Å². The van der Waals surface area contributed by atoms with Gasteiger partial charge in [-0.3, -0.25) is 0 Å². The molecule has 58 heavy (non-hydrogen) atoms. The SMILES string of the molecule is C=CC1=C(/C=C\C)N(C2=c3ccccc3=C(/C=C/c3ccc4c(c3)C(C)(C)c3cc(N5c6ccccc6C=Cc6ccccc65)ccc3-4)CC2)c2ccccc2C=C1. The quantitative estimate of drug-likeness (QED) is 0.167. The van der Waals surface area contributed by atoms with Crippen molar-refractivity contribution in [3.05, 3.63) is 226 Å². The molecule has 0 N–H and O–H groups in total. The third kappa shape index (κ3) is 5.79. The van der Waals surface area contributed by atoms with Crippen LogP contribution in [0.5, 0.6) is 0 Å². The van der Waals surface area contributed by atoms with Gasteiger partial charge < -0.3 is 9.80 Å². The van der Waals surface area contributed by atoms with Gasteiger partial charge in [0.25, 0.3) is 0 Å². The van der Waals surface area contributed by atoms with E-state index < -0.39 is 0 Å². The second kappa shape index (κ2) is 14.2. The monoisotopic (exact) mass is 746 g/mol. The van der Waals surface area contributed by atoms with E-state index in [1.54, 1.807) is 0 Å². The standard InChI is InChI=1S/C56H46N2/c1-5-15-51-39(6-2)27-28-43-18-9-14-23-54(43)58(51)55-35-31-40(45-19-10-11-20-48(45)55)26-24-38-25-33-46-47-34-32-44(37-50(47)56(3,4)49(46)36-38)57-52-21-12-7-16-41(52)29-30-42-17-8-13-22-53(42)57/h5-30,32-34,36-37H,2,31,35H2,1,3-4H3/b15-5-,26-24+. The number of hydrogen-bond acceptors (Lipinski definition) is 2. The molecule has 2 aliphatic heterocycles. The number of anilines is 4. The molecule has 0 amide bonds. The number of hydrogen-bond donors (Lipinski definition) is 0. The van der Waals surface area contributed by atoms with Crippen LogP contribution in [0.4, 0.5) is 22.7 Å². The molecule has 2 aliphatic carbocycles. The van der Waals surface area contributed by atoms with Gasteiger partial charge in [-0.05, 0) is 117 Å². The molecule has 0 spiro atoms. The summed E-state index contributed by atoms with van der Waals surface area (Å²) in [5, 5.41) is 2.57. The fraction of sp³-hybridized carbons (Fsp3) is 0.107. The molecular weight excluding hydrogens is 701 g/mol. The molecule has 280 valence electrons. The Hall–Kier alpha value is -6.90. The molecule has 0 aromatic heterocycles. The zero-order chi connectivity index (χ0) is 39.4. The predicted molar refractivity (Wildman–Crippen MR) is 248 cm³/mol. The van der Waals surface area contributed by atoms with Crippen LogP contribution in [0.25, 0.3) is 46.7 Å². The van der Waals surface area contributed by atoms with E-state index in [0.29, 0.717) is 0 Å². The highest BCUT2D eigenvalue weighted by atomic mass is 15.2. The van der Waals surface area contributed by atoms with Crippen LogP contribution >= 0.6 is 0 Å². The zero-order valence-electron chi connectivity index (χ0n) is 33.4. The molecule has 0 unspecified atom stereocenters. The number of para-hydroxylation sites is 3. The molecule has 2 heterocycles. The maximum absolute atomic E-state index is 4.20. The first-order valence-corrected chi connectivity index (χ1v) is 20.5. The molecule has 4 aliphatic rings. The smallest absolute Gasteiger partial charge is 0.0534 e. The Labute approximate surface area is 342 Å². The largest absolute Gasteiger partial charge is 0.312 e. The summed E-state index contributed by atoms with van der Waals surface area (Å²) in [5.74, 6) is 0. The first kappa shape index (κ1) is 35.5. The number of fused-ring (bicyclic) bond motifs is 7. The Kier molecular flexibility index (Phi) is 8.72. The van der Waals surface area contributed by atoms with Crippen molar-refractivity contribution < 1.29 is 0 Å². The average Bonchev–Trinajstić information content (AvgIpc) is 3.38. The highest BCUT2D eigenvalue weighted by molar-refractivity contribution is 5.95. The van der Waals surface area contributed by atoms with Crippen molar-refractivity contribution >= 4 is 58.3 Å². The third-order valence-electron chi connectivity index (χ3n) is 12.4. The molecule has 6 aromatic rings. The van der Waals surface area contributed by atoms with E-state index in [-0.39, 0.29) is 5.41 Å². The number of rotatable bonds is 6. The Balaban J connectivity index is 1.03.